The van der Waals surface area contributed by atoms with Crippen molar-refractivity contribution in [3.05, 3.63) is 53.9 Å². The lowest BCUT2D eigenvalue weighted by Crippen LogP contribution is -2.15. The quantitative estimate of drug-likeness (QED) is 0.860. The van der Waals surface area contributed by atoms with Crippen molar-refractivity contribution in [3.8, 4) is 5.75 Å². The van der Waals surface area contributed by atoms with Gasteiger partial charge in [-0.2, -0.15) is 0 Å². The lowest BCUT2D eigenvalue weighted by molar-refractivity contribution is -0.116. The average Bonchev–Trinajstić information content (AvgIpc) is 2.55. The van der Waals surface area contributed by atoms with E-state index >= 15 is 0 Å². The largest absolute Gasteiger partial charge is 0.497 e. The van der Waals surface area contributed by atoms with E-state index in [1.54, 1.807) is 25.6 Å². The Balaban J connectivity index is 1.98. The molecule has 2 N–H and O–H groups in total. The third-order valence-electron chi connectivity index (χ3n) is 3.53. The van der Waals surface area contributed by atoms with Crippen molar-refractivity contribution in [2.45, 2.75) is 25.9 Å². The Morgan fingerprint density at radius 3 is 2.68 bits per heavy atom. The molecule has 5 nitrogen and oxygen atoms in total. The summed E-state index contributed by atoms with van der Waals surface area (Å²) in [6, 6.07) is 9.37. The highest BCUT2D eigenvalue weighted by atomic mass is 16.5. The minimum atomic E-state index is -0.133. The van der Waals surface area contributed by atoms with E-state index in [1.165, 1.54) is 0 Å². The summed E-state index contributed by atoms with van der Waals surface area (Å²) in [7, 11) is 1.62. The van der Waals surface area contributed by atoms with E-state index in [2.05, 4.69) is 10.3 Å². The number of methoxy groups -OCH3 is 1. The predicted molar refractivity (Wildman–Crippen MR) is 84.8 cm³/mol. The molecule has 0 bridgehead atoms. The molecule has 0 spiro atoms. The molecule has 1 aromatic heterocycles. The molecule has 1 unspecified atom stereocenters. The number of rotatable bonds is 6. The molecule has 1 aromatic carbocycles. The second-order valence-corrected chi connectivity index (χ2v) is 5.12. The Labute approximate surface area is 130 Å². The van der Waals surface area contributed by atoms with Gasteiger partial charge in [0.25, 0.3) is 0 Å². The van der Waals surface area contributed by atoms with E-state index in [0.717, 1.165) is 11.3 Å². The number of nitrogens with zero attached hydrogens (tertiary/aromatic N) is 1. The van der Waals surface area contributed by atoms with Crippen LogP contribution < -0.4 is 10.1 Å². The number of hydrogen-bond acceptors (Lipinski definition) is 4. The molecule has 0 saturated heterocycles. The fourth-order valence-corrected chi connectivity index (χ4v) is 2.20. The summed E-state index contributed by atoms with van der Waals surface area (Å²) in [5.41, 5.74) is 2.28. The van der Waals surface area contributed by atoms with Crippen molar-refractivity contribution in [2.24, 2.45) is 0 Å². The van der Waals surface area contributed by atoms with Gasteiger partial charge in [-0.05, 0) is 29.7 Å². The van der Waals surface area contributed by atoms with Gasteiger partial charge in [-0.1, -0.05) is 19.1 Å². The summed E-state index contributed by atoms with van der Waals surface area (Å²) in [4.78, 5) is 16.1. The van der Waals surface area contributed by atoms with Gasteiger partial charge in [-0.15, -0.1) is 0 Å². The fraction of sp³-hybridized carbons (Fsp3) is 0.294. The first kappa shape index (κ1) is 16.0. The van der Waals surface area contributed by atoms with Crippen molar-refractivity contribution in [3.63, 3.8) is 0 Å². The van der Waals surface area contributed by atoms with Crippen LogP contribution in [0.5, 0.6) is 5.75 Å². The Hall–Kier alpha value is -2.40. The molecule has 0 aliphatic carbocycles. The highest BCUT2D eigenvalue weighted by molar-refractivity contribution is 5.91. The van der Waals surface area contributed by atoms with Crippen LogP contribution in [-0.4, -0.2) is 23.1 Å². The number of ether oxygens (including phenoxy) is 1. The number of pyridine rings is 1. The van der Waals surface area contributed by atoms with Gasteiger partial charge in [0.1, 0.15) is 5.75 Å². The number of benzene rings is 1. The molecular formula is C17H20N2O3. The number of carbonyl (C=O) groups is 1. The molecule has 116 valence electrons. The smallest absolute Gasteiger partial charge is 0.225 e. The van der Waals surface area contributed by atoms with E-state index in [9.17, 15) is 9.90 Å². The lowest BCUT2D eigenvalue weighted by Gasteiger charge is -2.13. The summed E-state index contributed by atoms with van der Waals surface area (Å²) >= 11 is 0. The van der Waals surface area contributed by atoms with Gasteiger partial charge in [0.05, 0.1) is 25.6 Å². The Bertz CT molecular complexity index is 626. The Kier molecular flexibility index (Phi) is 5.49. The molecule has 22 heavy (non-hydrogen) atoms. The minimum absolute atomic E-state index is 0.0835. The maximum atomic E-state index is 12.1. The molecule has 0 aliphatic heterocycles. The molecule has 1 heterocycles. The Morgan fingerprint density at radius 2 is 2.05 bits per heavy atom. The SMILES string of the molecule is COc1ccc(C(C)CC(=O)Nc2cnccc2CO)cc1. The Morgan fingerprint density at radius 1 is 1.32 bits per heavy atom. The molecule has 0 saturated carbocycles. The number of anilines is 1. The second-order valence-electron chi connectivity index (χ2n) is 5.12. The van der Waals surface area contributed by atoms with Crippen LogP contribution in [0, 0.1) is 0 Å². The molecule has 1 atom stereocenters. The van der Waals surface area contributed by atoms with Crippen molar-refractivity contribution in [1.29, 1.82) is 0 Å². The first-order chi connectivity index (χ1) is 10.6. The fourth-order valence-electron chi connectivity index (χ4n) is 2.20. The normalized spacial score (nSPS) is 11.8. The molecule has 0 radical (unpaired) electrons. The maximum absolute atomic E-state index is 12.1. The first-order valence-electron chi connectivity index (χ1n) is 7.11. The molecule has 0 aliphatic rings. The van der Waals surface area contributed by atoms with E-state index < -0.39 is 0 Å². The summed E-state index contributed by atoms with van der Waals surface area (Å²) < 4.78 is 5.12. The maximum Gasteiger partial charge on any atom is 0.225 e. The molecule has 2 aromatic rings. The van der Waals surface area contributed by atoms with Crippen LogP contribution in [0.4, 0.5) is 5.69 Å². The van der Waals surface area contributed by atoms with Crippen LogP contribution >= 0.6 is 0 Å². The van der Waals surface area contributed by atoms with Gasteiger partial charge in [0.2, 0.25) is 5.91 Å². The molecule has 1 amide bonds. The van der Waals surface area contributed by atoms with E-state index in [1.807, 2.05) is 31.2 Å². The lowest BCUT2D eigenvalue weighted by atomic mass is 9.97. The number of nitrogens with one attached hydrogen (secondary N) is 1. The number of aliphatic hydroxyl groups excluding tert-OH is 1. The van der Waals surface area contributed by atoms with Gasteiger partial charge in [-0.25, -0.2) is 0 Å². The third kappa shape index (κ3) is 4.05. The molecule has 0 fully saturated rings. The first-order valence-corrected chi connectivity index (χ1v) is 7.11. The summed E-state index contributed by atoms with van der Waals surface area (Å²) in [5.74, 6) is 0.773. The summed E-state index contributed by atoms with van der Waals surface area (Å²) in [6.45, 7) is 1.86. The predicted octanol–water partition coefficient (Wildman–Crippen LogP) is 2.71. The van der Waals surface area contributed by atoms with Crippen molar-refractivity contribution >= 4 is 11.6 Å². The number of aromatic nitrogens is 1. The summed E-state index contributed by atoms with van der Waals surface area (Å²) in [6.07, 6.45) is 3.48. The van der Waals surface area contributed by atoms with Gasteiger partial charge < -0.3 is 15.2 Å². The van der Waals surface area contributed by atoms with Crippen LogP contribution in [0.25, 0.3) is 0 Å². The standard InChI is InChI=1S/C17H20N2O3/c1-12(13-3-5-15(22-2)6-4-13)9-17(21)19-16-10-18-8-7-14(16)11-20/h3-8,10,12,20H,9,11H2,1-2H3,(H,19,21). The minimum Gasteiger partial charge on any atom is -0.497 e. The van der Waals surface area contributed by atoms with Gasteiger partial charge in [-0.3, -0.25) is 9.78 Å². The summed E-state index contributed by atoms with van der Waals surface area (Å²) in [5, 5.41) is 12.0. The van der Waals surface area contributed by atoms with Gasteiger partial charge in [0, 0.05) is 18.2 Å². The molecular weight excluding hydrogens is 280 g/mol. The number of carbonyl (C=O) groups excluding carboxylic acids is 1. The van der Waals surface area contributed by atoms with Crippen molar-refractivity contribution in [1.82, 2.24) is 4.98 Å². The third-order valence-corrected chi connectivity index (χ3v) is 3.53. The van der Waals surface area contributed by atoms with Crippen LogP contribution in [0.2, 0.25) is 0 Å². The topological polar surface area (TPSA) is 71.5 Å². The average molecular weight is 300 g/mol. The molecule has 5 heteroatoms. The van der Waals surface area contributed by atoms with Crippen LogP contribution in [-0.2, 0) is 11.4 Å². The van der Waals surface area contributed by atoms with E-state index in [-0.39, 0.29) is 18.4 Å². The van der Waals surface area contributed by atoms with Crippen molar-refractivity contribution in [2.75, 3.05) is 12.4 Å². The second kappa shape index (κ2) is 7.56. The van der Waals surface area contributed by atoms with E-state index in [4.69, 9.17) is 4.74 Å². The van der Waals surface area contributed by atoms with E-state index in [0.29, 0.717) is 17.7 Å². The monoisotopic (exact) mass is 300 g/mol. The highest BCUT2D eigenvalue weighted by Gasteiger charge is 2.13. The van der Waals surface area contributed by atoms with Crippen molar-refractivity contribution < 1.29 is 14.6 Å². The number of hydrogen-bond donors (Lipinski definition) is 2. The van der Waals surface area contributed by atoms with Gasteiger partial charge in [0.15, 0.2) is 0 Å². The van der Waals surface area contributed by atoms with Gasteiger partial charge >= 0.3 is 0 Å². The zero-order valence-electron chi connectivity index (χ0n) is 12.7. The highest BCUT2D eigenvalue weighted by Crippen LogP contribution is 2.23. The zero-order valence-corrected chi connectivity index (χ0v) is 12.7. The number of amides is 1. The van der Waals surface area contributed by atoms with Crippen LogP contribution in [0.15, 0.2) is 42.7 Å². The number of aliphatic hydroxyl groups is 1. The zero-order chi connectivity index (χ0) is 15.9. The van der Waals surface area contributed by atoms with Crippen LogP contribution in [0.1, 0.15) is 30.4 Å². The van der Waals surface area contributed by atoms with Crippen LogP contribution in [0.3, 0.4) is 0 Å². The molecule has 2 rings (SSSR count).